The second-order valence-corrected chi connectivity index (χ2v) is 12.4. The highest BCUT2D eigenvalue weighted by Crippen LogP contribution is 2.29. The SMILES string of the molecule is CC1NC2NC(N(CCOC3CCCCC3)S(=O)(=O)C3CCCCC3)NN2C(C)C1Cl. The second kappa shape index (κ2) is 10.5. The van der Waals surface area contributed by atoms with Gasteiger partial charge in [-0.3, -0.25) is 10.6 Å². The van der Waals surface area contributed by atoms with E-state index in [9.17, 15) is 8.42 Å². The van der Waals surface area contributed by atoms with Crippen LogP contribution >= 0.6 is 11.6 Å². The Morgan fingerprint density at radius 3 is 2.32 bits per heavy atom. The molecule has 2 aliphatic heterocycles. The first-order chi connectivity index (χ1) is 14.9. The molecule has 0 aromatic heterocycles. The molecule has 0 bridgehead atoms. The molecule has 0 amide bonds. The van der Waals surface area contributed by atoms with Gasteiger partial charge >= 0.3 is 0 Å². The first-order valence-corrected chi connectivity index (χ1v) is 14.1. The highest BCUT2D eigenvalue weighted by molar-refractivity contribution is 7.89. The quantitative estimate of drug-likeness (QED) is 0.485. The van der Waals surface area contributed by atoms with E-state index in [2.05, 4.69) is 29.9 Å². The summed E-state index contributed by atoms with van der Waals surface area (Å²) >= 11 is 6.57. The number of alkyl halides is 1. The summed E-state index contributed by atoms with van der Waals surface area (Å²) in [7, 11) is -3.46. The average molecular weight is 478 g/mol. The van der Waals surface area contributed by atoms with Crippen LogP contribution in [0.1, 0.15) is 78.1 Å². The Labute approximate surface area is 192 Å². The van der Waals surface area contributed by atoms with Gasteiger partial charge in [-0.05, 0) is 39.5 Å². The van der Waals surface area contributed by atoms with E-state index < -0.39 is 16.3 Å². The number of nitrogens with zero attached hydrogens (tertiary/aromatic N) is 2. The zero-order valence-corrected chi connectivity index (χ0v) is 20.5. The van der Waals surface area contributed by atoms with Crippen molar-refractivity contribution in [2.24, 2.45) is 0 Å². The van der Waals surface area contributed by atoms with Crippen molar-refractivity contribution in [3.63, 3.8) is 0 Å². The number of hydrazine groups is 1. The first kappa shape index (κ1) is 24.1. The molecular formula is C21H40ClN5O3S. The molecule has 5 atom stereocenters. The van der Waals surface area contributed by atoms with Crippen LogP contribution in [-0.2, 0) is 14.8 Å². The highest BCUT2D eigenvalue weighted by Gasteiger charge is 2.47. The Hall–Kier alpha value is -0.0000000000000000555. The molecule has 2 aliphatic carbocycles. The number of hydrogen-bond acceptors (Lipinski definition) is 7. The Bertz CT molecular complexity index is 687. The summed E-state index contributed by atoms with van der Waals surface area (Å²) in [5.74, 6) is 0. The van der Waals surface area contributed by atoms with Crippen LogP contribution in [0.25, 0.3) is 0 Å². The fourth-order valence-electron chi connectivity index (χ4n) is 5.52. The highest BCUT2D eigenvalue weighted by atomic mass is 35.5. The first-order valence-electron chi connectivity index (χ1n) is 12.2. The number of sulfonamides is 1. The van der Waals surface area contributed by atoms with Gasteiger partial charge in [-0.25, -0.2) is 18.9 Å². The summed E-state index contributed by atoms with van der Waals surface area (Å²) < 4.78 is 35.1. The van der Waals surface area contributed by atoms with Crippen LogP contribution in [-0.4, -0.2) is 72.3 Å². The molecule has 5 unspecified atom stereocenters. The Balaban J connectivity index is 1.46. The van der Waals surface area contributed by atoms with E-state index in [0.29, 0.717) is 13.2 Å². The van der Waals surface area contributed by atoms with Gasteiger partial charge in [0, 0.05) is 18.6 Å². The third kappa shape index (κ3) is 5.40. The molecule has 0 aromatic rings. The molecule has 180 valence electrons. The van der Waals surface area contributed by atoms with Crippen LogP contribution in [0.5, 0.6) is 0 Å². The number of halogens is 1. The van der Waals surface area contributed by atoms with Gasteiger partial charge in [-0.15, -0.1) is 11.6 Å². The summed E-state index contributed by atoms with van der Waals surface area (Å²) in [4.78, 5) is 0. The summed E-state index contributed by atoms with van der Waals surface area (Å²) in [6.07, 6.45) is 10.1. The molecule has 4 aliphatic rings. The Kier molecular flexibility index (Phi) is 8.18. The number of hydrogen-bond donors (Lipinski definition) is 3. The minimum absolute atomic E-state index is 0.0673. The second-order valence-electron chi connectivity index (χ2n) is 9.69. The molecule has 10 heteroatoms. The van der Waals surface area contributed by atoms with E-state index in [4.69, 9.17) is 16.3 Å². The van der Waals surface area contributed by atoms with Gasteiger partial charge in [-0.1, -0.05) is 38.5 Å². The largest absolute Gasteiger partial charge is 0.377 e. The van der Waals surface area contributed by atoms with Crippen molar-refractivity contribution in [2.45, 2.75) is 119 Å². The summed E-state index contributed by atoms with van der Waals surface area (Å²) in [5, 5.41) is 8.54. The lowest BCUT2D eigenvalue weighted by atomic mass is 9.98. The monoisotopic (exact) mass is 477 g/mol. The van der Waals surface area contributed by atoms with Crippen LogP contribution in [0, 0.1) is 0 Å². The lowest BCUT2D eigenvalue weighted by molar-refractivity contribution is 0.0161. The number of nitrogens with one attached hydrogen (secondary N) is 3. The molecule has 3 N–H and O–H groups in total. The minimum Gasteiger partial charge on any atom is -0.377 e. The van der Waals surface area contributed by atoms with E-state index in [1.54, 1.807) is 4.31 Å². The molecule has 0 radical (unpaired) electrons. The lowest BCUT2D eigenvalue weighted by Crippen LogP contribution is -2.66. The van der Waals surface area contributed by atoms with Gasteiger partial charge in [0.1, 0.15) is 12.6 Å². The maximum atomic E-state index is 13.7. The predicted octanol–water partition coefficient (Wildman–Crippen LogP) is 2.26. The maximum Gasteiger partial charge on any atom is 0.219 e. The van der Waals surface area contributed by atoms with Crippen molar-refractivity contribution in [2.75, 3.05) is 13.2 Å². The van der Waals surface area contributed by atoms with Crippen molar-refractivity contribution in [3.8, 4) is 0 Å². The normalized spacial score (nSPS) is 36.7. The summed E-state index contributed by atoms with van der Waals surface area (Å²) in [6.45, 7) is 4.92. The van der Waals surface area contributed by atoms with Gasteiger partial charge in [0.05, 0.1) is 23.3 Å². The molecule has 0 spiro atoms. The van der Waals surface area contributed by atoms with Gasteiger partial charge < -0.3 is 4.74 Å². The van der Waals surface area contributed by atoms with E-state index in [-0.39, 0.29) is 35.1 Å². The number of rotatable bonds is 7. The van der Waals surface area contributed by atoms with Crippen LogP contribution < -0.4 is 16.1 Å². The molecule has 2 saturated carbocycles. The van der Waals surface area contributed by atoms with Crippen molar-refractivity contribution in [1.29, 1.82) is 0 Å². The molecule has 4 fully saturated rings. The van der Waals surface area contributed by atoms with Crippen molar-refractivity contribution in [1.82, 2.24) is 25.4 Å². The Morgan fingerprint density at radius 1 is 1.00 bits per heavy atom. The van der Waals surface area contributed by atoms with Crippen LogP contribution in [0.15, 0.2) is 0 Å². The molecule has 8 nitrogen and oxygen atoms in total. The van der Waals surface area contributed by atoms with Crippen LogP contribution in [0.4, 0.5) is 0 Å². The molecule has 31 heavy (non-hydrogen) atoms. The summed E-state index contributed by atoms with van der Waals surface area (Å²) in [6, 6.07) is 0.196. The zero-order valence-electron chi connectivity index (χ0n) is 18.9. The van der Waals surface area contributed by atoms with Crippen molar-refractivity contribution < 1.29 is 13.2 Å². The van der Waals surface area contributed by atoms with Crippen LogP contribution in [0.2, 0.25) is 0 Å². The van der Waals surface area contributed by atoms with E-state index in [1.807, 2.05) is 5.01 Å². The van der Waals surface area contributed by atoms with Gasteiger partial charge in [-0.2, -0.15) is 4.31 Å². The maximum absolute atomic E-state index is 13.7. The fourth-order valence-corrected chi connectivity index (χ4v) is 7.76. The van der Waals surface area contributed by atoms with E-state index in [1.165, 1.54) is 19.3 Å². The number of fused-ring (bicyclic) bond motifs is 1. The smallest absolute Gasteiger partial charge is 0.219 e. The zero-order chi connectivity index (χ0) is 22.0. The topological polar surface area (TPSA) is 85.9 Å². The molecule has 2 saturated heterocycles. The van der Waals surface area contributed by atoms with Crippen LogP contribution in [0.3, 0.4) is 0 Å². The molecular weight excluding hydrogens is 438 g/mol. The van der Waals surface area contributed by atoms with Crippen molar-refractivity contribution in [3.05, 3.63) is 0 Å². The standard InChI is InChI=1S/C21H40ClN5O3S/c1-15-19(22)16(2)27-20(23-15)24-21(25-27)26(13-14-30-17-9-5-3-6-10-17)31(28,29)18-11-7-4-8-12-18/h15-21,23-25H,3-14H2,1-2H3. The van der Waals surface area contributed by atoms with Crippen molar-refractivity contribution >= 4 is 21.6 Å². The lowest BCUT2D eigenvalue weighted by Gasteiger charge is -2.41. The Morgan fingerprint density at radius 2 is 1.65 bits per heavy atom. The fraction of sp³-hybridized carbons (Fsp3) is 1.00. The van der Waals surface area contributed by atoms with E-state index >= 15 is 0 Å². The minimum atomic E-state index is -3.46. The third-order valence-corrected chi connectivity index (χ3v) is 10.6. The van der Waals surface area contributed by atoms with E-state index in [0.717, 1.165) is 44.9 Å². The van der Waals surface area contributed by atoms with Gasteiger partial charge in [0.15, 0.2) is 0 Å². The predicted molar refractivity (Wildman–Crippen MR) is 123 cm³/mol. The average Bonchev–Trinajstić information content (AvgIpc) is 3.19. The molecule has 4 rings (SSSR count). The third-order valence-electron chi connectivity index (χ3n) is 7.47. The van der Waals surface area contributed by atoms with Gasteiger partial charge in [0.2, 0.25) is 10.0 Å². The molecule has 0 aromatic carbocycles. The number of ether oxygens (including phenoxy) is 1. The molecule has 2 heterocycles. The van der Waals surface area contributed by atoms with Gasteiger partial charge in [0.25, 0.3) is 0 Å². The summed E-state index contributed by atoms with van der Waals surface area (Å²) in [5.41, 5.74) is 3.39.